The Bertz CT molecular complexity index is 807. The Morgan fingerprint density at radius 2 is 1.81 bits per heavy atom. The summed E-state index contributed by atoms with van der Waals surface area (Å²) in [7, 11) is 0. The number of carbonyl (C=O) groups excluding carboxylic acids is 1. The van der Waals surface area contributed by atoms with Crippen LogP contribution < -0.4 is 14.8 Å². The topological polar surface area (TPSA) is 74.6 Å². The van der Waals surface area contributed by atoms with E-state index in [-0.39, 0.29) is 23.9 Å². The van der Waals surface area contributed by atoms with E-state index in [0.29, 0.717) is 13.0 Å². The summed E-state index contributed by atoms with van der Waals surface area (Å²) in [5.41, 5.74) is -0.367. The van der Waals surface area contributed by atoms with E-state index in [1.54, 1.807) is 0 Å². The van der Waals surface area contributed by atoms with Crippen molar-refractivity contribution in [2.45, 2.75) is 44.1 Å². The number of rotatable bonds is 9. The quantitative estimate of drug-likeness (QED) is 0.555. The van der Waals surface area contributed by atoms with Crippen LogP contribution in [-0.2, 0) is 0 Å². The molecule has 178 valence electrons. The van der Waals surface area contributed by atoms with Gasteiger partial charge in [-0.05, 0) is 37.6 Å². The van der Waals surface area contributed by atoms with Gasteiger partial charge in [-0.25, -0.2) is 0 Å². The molecule has 6 nitrogen and oxygen atoms in total. The molecule has 0 aliphatic carbocycles. The number of nitrogens with zero attached hydrogens (tertiary/aromatic N) is 2. The standard InChI is InChI=1S/C20H23F6N3O3/c21-19(22,23)12-31-15-5-6-17(32-13-20(24,25)26)16(10-15)18(30)28-11-14-4-1-2-8-29(14)9-3-7-27/h5-6,10,14H,1-4,8-9,11-13H2,(H,28,30). The minimum Gasteiger partial charge on any atom is -0.484 e. The third kappa shape index (κ3) is 8.82. The predicted molar refractivity (Wildman–Crippen MR) is 101 cm³/mol. The Hall–Kier alpha value is -2.68. The van der Waals surface area contributed by atoms with Gasteiger partial charge in [0.2, 0.25) is 0 Å². The fourth-order valence-electron chi connectivity index (χ4n) is 3.31. The lowest BCUT2D eigenvalue weighted by Crippen LogP contribution is -2.47. The smallest absolute Gasteiger partial charge is 0.422 e. The van der Waals surface area contributed by atoms with Crippen LogP contribution >= 0.6 is 0 Å². The molecule has 1 heterocycles. The van der Waals surface area contributed by atoms with Crippen LogP contribution in [0.15, 0.2) is 18.2 Å². The normalized spacial score (nSPS) is 17.5. The zero-order valence-electron chi connectivity index (χ0n) is 17.1. The van der Waals surface area contributed by atoms with E-state index in [1.807, 2.05) is 0 Å². The largest absolute Gasteiger partial charge is 0.484 e. The zero-order chi connectivity index (χ0) is 23.8. The van der Waals surface area contributed by atoms with Crippen LogP contribution in [0, 0.1) is 11.3 Å². The fraction of sp³-hybridized carbons (Fsp3) is 0.600. The second-order valence-corrected chi connectivity index (χ2v) is 7.27. The molecule has 1 aromatic rings. The van der Waals surface area contributed by atoms with Crippen LogP contribution in [0.4, 0.5) is 26.3 Å². The van der Waals surface area contributed by atoms with Crippen molar-refractivity contribution < 1.29 is 40.6 Å². The van der Waals surface area contributed by atoms with Crippen molar-refractivity contribution in [3.8, 4) is 17.6 Å². The van der Waals surface area contributed by atoms with E-state index < -0.39 is 37.2 Å². The molecule has 0 aromatic heterocycles. The van der Waals surface area contributed by atoms with Crippen LogP contribution in [0.3, 0.4) is 0 Å². The molecule has 32 heavy (non-hydrogen) atoms. The van der Waals surface area contributed by atoms with Crippen molar-refractivity contribution >= 4 is 5.91 Å². The van der Waals surface area contributed by atoms with Crippen molar-refractivity contribution in [3.05, 3.63) is 23.8 Å². The highest BCUT2D eigenvalue weighted by atomic mass is 19.4. The number of nitriles is 1. The maximum atomic E-state index is 12.7. The number of piperidine rings is 1. The van der Waals surface area contributed by atoms with Gasteiger partial charge >= 0.3 is 12.4 Å². The highest BCUT2D eigenvalue weighted by molar-refractivity contribution is 5.97. The number of ether oxygens (including phenoxy) is 2. The molecule has 1 atom stereocenters. The number of carbonyl (C=O) groups is 1. The Morgan fingerprint density at radius 3 is 2.47 bits per heavy atom. The third-order valence-corrected chi connectivity index (χ3v) is 4.75. The van der Waals surface area contributed by atoms with Crippen molar-refractivity contribution in [2.75, 3.05) is 32.8 Å². The van der Waals surface area contributed by atoms with Gasteiger partial charge in [0.25, 0.3) is 5.91 Å². The molecular weight excluding hydrogens is 444 g/mol. The summed E-state index contributed by atoms with van der Waals surface area (Å²) >= 11 is 0. The van der Waals surface area contributed by atoms with Gasteiger partial charge in [-0.3, -0.25) is 9.69 Å². The van der Waals surface area contributed by atoms with E-state index in [2.05, 4.69) is 25.8 Å². The van der Waals surface area contributed by atoms with Crippen molar-refractivity contribution in [2.24, 2.45) is 0 Å². The van der Waals surface area contributed by atoms with E-state index in [0.717, 1.165) is 44.0 Å². The molecule has 1 aliphatic heterocycles. The van der Waals surface area contributed by atoms with Crippen molar-refractivity contribution in [1.82, 2.24) is 10.2 Å². The van der Waals surface area contributed by atoms with Crippen LogP contribution in [0.25, 0.3) is 0 Å². The first-order valence-electron chi connectivity index (χ1n) is 9.91. The number of likely N-dealkylation sites (tertiary alicyclic amines) is 1. The van der Waals surface area contributed by atoms with Gasteiger partial charge in [0, 0.05) is 25.6 Å². The van der Waals surface area contributed by atoms with Crippen LogP contribution in [-0.4, -0.2) is 62.0 Å². The van der Waals surface area contributed by atoms with E-state index >= 15 is 0 Å². The lowest BCUT2D eigenvalue weighted by atomic mass is 10.0. The summed E-state index contributed by atoms with van der Waals surface area (Å²) in [4.78, 5) is 14.7. The molecule has 1 N–H and O–H groups in total. The summed E-state index contributed by atoms with van der Waals surface area (Å²) in [6, 6.07) is 4.87. The highest BCUT2D eigenvalue weighted by Crippen LogP contribution is 2.28. The molecule has 0 saturated carbocycles. The Kier molecular flexibility index (Phi) is 9.00. The molecule has 2 rings (SSSR count). The summed E-state index contributed by atoms with van der Waals surface area (Å²) < 4.78 is 84.1. The van der Waals surface area contributed by atoms with Gasteiger partial charge in [-0.1, -0.05) is 6.42 Å². The second kappa shape index (κ2) is 11.3. The molecule has 1 amide bonds. The van der Waals surface area contributed by atoms with E-state index in [4.69, 9.17) is 5.26 Å². The number of halogens is 6. The zero-order valence-corrected chi connectivity index (χ0v) is 17.1. The SMILES string of the molecule is N#CCCN1CCCCC1CNC(=O)c1cc(OCC(F)(F)F)ccc1OCC(F)(F)F. The van der Waals surface area contributed by atoms with E-state index in [9.17, 15) is 31.1 Å². The molecule has 1 saturated heterocycles. The first-order valence-corrected chi connectivity index (χ1v) is 9.91. The Labute approximate surface area is 181 Å². The summed E-state index contributed by atoms with van der Waals surface area (Å²) in [5.74, 6) is -1.56. The highest BCUT2D eigenvalue weighted by Gasteiger charge is 2.31. The molecule has 1 aliphatic rings. The minimum atomic E-state index is -4.66. The van der Waals surface area contributed by atoms with Gasteiger partial charge in [-0.2, -0.15) is 31.6 Å². The average Bonchev–Trinajstić information content (AvgIpc) is 2.72. The maximum absolute atomic E-state index is 12.7. The second-order valence-electron chi connectivity index (χ2n) is 7.27. The number of amides is 1. The molecule has 1 aromatic carbocycles. The third-order valence-electron chi connectivity index (χ3n) is 4.75. The molecule has 0 radical (unpaired) electrons. The monoisotopic (exact) mass is 467 g/mol. The number of alkyl halides is 6. The Morgan fingerprint density at radius 1 is 1.12 bits per heavy atom. The minimum absolute atomic E-state index is 0.0646. The lowest BCUT2D eigenvalue weighted by molar-refractivity contribution is -0.154. The molecule has 1 unspecified atom stereocenters. The van der Waals surface area contributed by atoms with Gasteiger partial charge in [0.05, 0.1) is 11.6 Å². The fourth-order valence-corrected chi connectivity index (χ4v) is 3.31. The summed E-state index contributed by atoms with van der Waals surface area (Å²) in [6.07, 6.45) is -6.34. The first-order chi connectivity index (χ1) is 15.0. The van der Waals surface area contributed by atoms with Gasteiger partial charge < -0.3 is 14.8 Å². The number of nitrogens with one attached hydrogen (secondary N) is 1. The molecule has 0 bridgehead atoms. The number of benzene rings is 1. The van der Waals surface area contributed by atoms with Gasteiger partial charge in [0.15, 0.2) is 13.2 Å². The lowest BCUT2D eigenvalue weighted by Gasteiger charge is -2.35. The van der Waals surface area contributed by atoms with Crippen LogP contribution in [0.1, 0.15) is 36.0 Å². The molecule has 0 spiro atoms. The maximum Gasteiger partial charge on any atom is 0.422 e. The van der Waals surface area contributed by atoms with Crippen LogP contribution in [0.5, 0.6) is 11.5 Å². The van der Waals surface area contributed by atoms with Crippen molar-refractivity contribution in [3.63, 3.8) is 0 Å². The Balaban J connectivity index is 2.13. The van der Waals surface area contributed by atoms with Crippen LogP contribution in [0.2, 0.25) is 0 Å². The first kappa shape index (κ1) is 25.6. The molecular formula is C20H23F6N3O3. The van der Waals surface area contributed by atoms with E-state index in [1.165, 1.54) is 0 Å². The molecule has 12 heteroatoms. The molecule has 1 fully saturated rings. The van der Waals surface area contributed by atoms with Gasteiger partial charge in [-0.15, -0.1) is 0 Å². The number of hydrogen-bond acceptors (Lipinski definition) is 5. The average molecular weight is 467 g/mol. The number of hydrogen-bond donors (Lipinski definition) is 1. The summed E-state index contributed by atoms with van der Waals surface area (Å²) in [5, 5.41) is 11.4. The van der Waals surface area contributed by atoms with Gasteiger partial charge in [0.1, 0.15) is 11.5 Å². The van der Waals surface area contributed by atoms with Crippen molar-refractivity contribution in [1.29, 1.82) is 5.26 Å². The summed E-state index contributed by atoms with van der Waals surface area (Å²) in [6.45, 7) is -1.84. The predicted octanol–water partition coefficient (Wildman–Crippen LogP) is 4.07.